The summed E-state index contributed by atoms with van der Waals surface area (Å²) in [4.78, 5) is 17.9. The fraction of sp³-hybridized carbons (Fsp3) is 0.409. The number of nitrogens with zero attached hydrogens (tertiary/aromatic N) is 5. The van der Waals surface area contributed by atoms with E-state index in [1.807, 2.05) is 17.9 Å². The summed E-state index contributed by atoms with van der Waals surface area (Å²) in [5.41, 5.74) is 0.220. The van der Waals surface area contributed by atoms with Crippen molar-refractivity contribution in [2.45, 2.75) is 31.6 Å². The number of aromatic nitrogens is 3. The van der Waals surface area contributed by atoms with Crippen molar-refractivity contribution in [3.8, 4) is 0 Å². The molecule has 0 radical (unpaired) electrons. The van der Waals surface area contributed by atoms with Crippen LogP contribution in [0.15, 0.2) is 42.6 Å². The van der Waals surface area contributed by atoms with Gasteiger partial charge in [0.1, 0.15) is 5.82 Å². The summed E-state index contributed by atoms with van der Waals surface area (Å²) in [6, 6.07) is 9.16. The van der Waals surface area contributed by atoms with Crippen LogP contribution in [-0.2, 0) is 10.9 Å². The number of alkyl halides is 3. The maximum Gasteiger partial charge on any atom is 0.416 e. The largest absolute Gasteiger partial charge is 0.416 e. The molecule has 2 fully saturated rings. The molecule has 2 aliphatic heterocycles. The van der Waals surface area contributed by atoms with Crippen molar-refractivity contribution < 1.29 is 17.9 Å². The van der Waals surface area contributed by atoms with Crippen LogP contribution in [0, 0.1) is 0 Å². The molecule has 3 aromatic rings. The topological polar surface area (TPSA) is 54.4 Å². The van der Waals surface area contributed by atoms with Gasteiger partial charge in [0.2, 0.25) is 5.95 Å². The van der Waals surface area contributed by atoms with Gasteiger partial charge in [-0.2, -0.15) is 23.1 Å². The number of halogens is 3. The Balaban J connectivity index is 1.59. The minimum Gasteiger partial charge on any atom is -0.377 e. The third kappa shape index (κ3) is 3.56. The number of ether oxygens (including phenoxy) is 1. The summed E-state index contributed by atoms with van der Waals surface area (Å²) in [5.74, 6) is 1.16. The molecular formula is C22H22F3N5O. The standard InChI is InChI=1S/C22H22F3N5O/c1-14-13-31-12-11-29(14)21-27-19-16(6-4-9-26-19)20(28-21)30-10-8-18(30)15-5-2-3-7-17(15)22(23,24)25/h2-7,9,14,18H,8,10-13H2,1H3/t14-,18?/m0/s1. The lowest BCUT2D eigenvalue weighted by Crippen LogP contribution is -2.46. The van der Waals surface area contributed by atoms with Crippen molar-refractivity contribution in [1.29, 1.82) is 0 Å². The highest BCUT2D eigenvalue weighted by atomic mass is 19.4. The van der Waals surface area contributed by atoms with Gasteiger partial charge in [0.25, 0.3) is 0 Å². The van der Waals surface area contributed by atoms with Crippen LogP contribution in [0.1, 0.15) is 30.5 Å². The second-order valence-electron chi connectivity index (χ2n) is 7.92. The zero-order valence-electron chi connectivity index (χ0n) is 17.0. The van der Waals surface area contributed by atoms with Crippen LogP contribution in [0.2, 0.25) is 0 Å². The molecular weight excluding hydrogens is 407 g/mol. The van der Waals surface area contributed by atoms with Gasteiger partial charge in [-0.25, -0.2) is 4.98 Å². The highest BCUT2D eigenvalue weighted by molar-refractivity contribution is 5.88. The number of hydrogen-bond donors (Lipinski definition) is 0. The fourth-order valence-corrected chi connectivity index (χ4v) is 4.32. The molecule has 2 aromatic heterocycles. The number of morpholine rings is 1. The van der Waals surface area contributed by atoms with Gasteiger partial charge >= 0.3 is 6.18 Å². The SMILES string of the molecule is C[C@H]1COCCN1c1nc(N2CCC2c2ccccc2C(F)(F)F)c2cccnc2n1. The maximum atomic E-state index is 13.6. The Hall–Kier alpha value is -2.94. The molecule has 0 aliphatic carbocycles. The van der Waals surface area contributed by atoms with Crippen LogP contribution in [0.5, 0.6) is 0 Å². The molecule has 0 saturated carbocycles. The van der Waals surface area contributed by atoms with E-state index in [4.69, 9.17) is 9.72 Å². The lowest BCUT2D eigenvalue weighted by molar-refractivity contribution is -0.138. The van der Waals surface area contributed by atoms with Crippen LogP contribution in [0.25, 0.3) is 11.0 Å². The Morgan fingerprint density at radius 3 is 2.61 bits per heavy atom. The number of hydrogen-bond acceptors (Lipinski definition) is 6. The second-order valence-corrected chi connectivity index (χ2v) is 7.92. The monoisotopic (exact) mass is 429 g/mol. The van der Waals surface area contributed by atoms with Gasteiger partial charge in [0.15, 0.2) is 5.65 Å². The fourth-order valence-electron chi connectivity index (χ4n) is 4.32. The summed E-state index contributed by atoms with van der Waals surface area (Å²) >= 11 is 0. The van der Waals surface area contributed by atoms with Crippen LogP contribution < -0.4 is 9.80 Å². The van der Waals surface area contributed by atoms with Gasteiger partial charge in [-0.3, -0.25) is 0 Å². The molecule has 1 unspecified atom stereocenters. The number of benzene rings is 1. The molecule has 4 heterocycles. The first-order valence-electron chi connectivity index (χ1n) is 10.3. The number of pyridine rings is 1. The summed E-state index contributed by atoms with van der Waals surface area (Å²) in [7, 11) is 0. The summed E-state index contributed by atoms with van der Waals surface area (Å²) in [6.45, 7) is 4.46. The number of anilines is 2. The van der Waals surface area contributed by atoms with Gasteiger partial charge in [0, 0.05) is 19.3 Å². The summed E-state index contributed by atoms with van der Waals surface area (Å²) in [5, 5.41) is 0.737. The first kappa shape index (κ1) is 20.0. The highest BCUT2D eigenvalue weighted by Crippen LogP contribution is 2.44. The smallest absolute Gasteiger partial charge is 0.377 e. The molecule has 0 N–H and O–H groups in total. The van der Waals surface area contributed by atoms with E-state index < -0.39 is 17.8 Å². The molecule has 162 valence electrons. The normalized spacial score (nSPS) is 21.9. The second kappa shape index (κ2) is 7.64. The quantitative estimate of drug-likeness (QED) is 0.622. The Morgan fingerprint density at radius 1 is 1.03 bits per heavy atom. The van der Waals surface area contributed by atoms with E-state index in [1.165, 1.54) is 6.07 Å². The molecule has 6 nitrogen and oxygen atoms in total. The van der Waals surface area contributed by atoms with Crippen LogP contribution >= 0.6 is 0 Å². The van der Waals surface area contributed by atoms with Crippen molar-refractivity contribution in [1.82, 2.24) is 15.0 Å². The summed E-state index contributed by atoms with van der Waals surface area (Å²) < 4.78 is 46.4. The molecule has 0 bridgehead atoms. The van der Waals surface area contributed by atoms with Gasteiger partial charge in [-0.15, -0.1) is 0 Å². The van der Waals surface area contributed by atoms with Gasteiger partial charge in [-0.05, 0) is 37.1 Å². The van der Waals surface area contributed by atoms with Gasteiger partial charge in [-0.1, -0.05) is 18.2 Å². The number of rotatable bonds is 3. The lowest BCUT2D eigenvalue weighted by atomic mass is 9.90. The Morgan fingerprint density at radius 2 is 1.87 bits per heavy atom. The molecule has 9 heteroatoms. The van der Waals surface area contributed by atoms with E-state index in [0.717, 1.165) is 11.5 Å². The predicted molar refractivity (Wildman–Crippen MR) is 111 cm³/mol. The molecule has 2 saturated heterocycles. The third-order valence-corrected chi connectivity index (χ3v) is 5.98. The first-order valence-corrected chi connectivity index (χ1v) is 10.3. The van der Waals surface area contributed by atoms with Crippen LogP contribution in [-0.4, -0.2) is 47.3 Å². The van der Waals surface area contributed by atoms with Crippen molar-refractivity contribution in [3.63, 3.8) is 0 Å². The highest BCUT2D eigenvalue weighted by Gasteiger charge is 2.40. The maximum absolute atomic E-state index is 13.6. The third-order valence-electron chi connectivity index (χ3n) is 5.98. The molecule has 2 atom stereocenters. The molecule has 5 rings (SSSR count). The van der Waals surface area contributed by atoms with Crippen LogP contribution in [0.3, 0.4) is 0 Å². The van der Waals surface area contributed by atoms with E-state index in [1.54, 1.807) is 24.4 Å². The molecule has 31 heavy (non-hydrogen) atoms. The molecule has 0 amide bonds. The van der Waals surface area contributed by atoms with Crippen molar-refractivity contribution in [2.24, 2.45) is 0 Å². The zero-order chi connectivity index (χ0) is 21.6. The number of fused-ring (bicyclic) bond motifs is 1. The zero-order valence-corrected chi connectivity index (χ0v) is 17.0. The minimum atomic E-state index is -4.40. The van der Waals surface area contributed by atoms with E-state index in [0.29, 0.717) is 50.1 Å². The average molecular weight is 429 g/mol. The van der Waals surface area contributed by atoms with Gasteiger partial charge < -0.3 is 14.5 Å². The predicted octanol–water partition coefficient (Wildman–Crippen LogP) is 4.22. The Labute approximate surface area is 177 Å². The molecule has 1 aromatic carbocycles. The van der Waals surface area contributed by atoms with Crippen molar-refractivity contribution >= 4 is 22.8 Å². The van der Waals surface area contributed by atoms with Crippen LogP contribution in [0.4, 0.5) is 24.9 Å². The van der Waals surface area contributed by atoms with E-state index in [2.05, 4.69) is 14.9 Å². The van der Waals surface area contributed by atoms with Gasteiger partial charge in [0.05, 0.1) is 36.2 Å². The first-order chi connectivity index (χ1) is 14.9. The lowest BCUT2D eigenvalue weighted by Gasteiger charge is -2.44. The van der Waals surface area contributed by atoms with Crippen molar-refractivity contribution in [2.75, 3.05) is 36.1 Å². The van der Waals surface area contributed by atoms with E-state index >= 15 is 0 Å². The molecule has 0 spiro atoms. The summed E-state index contributed by atoms with van der Waals surface area (Å²) in [6.07, 6.45) is -2.11. The van der Waals surface area contributed by atoms with Crippen molar-refractivity contribution in [3.05, 3.63) is 53.7 Å². The Bertz CT molecular complexity index is 1110. The van der Waals surface area contributed by atoms with E-state index in [9.17, 15) is 13.2 Å². The average Bonchev–Trinajstić information content (AvgIpc) is 2.73. The molecule has 2 aliphatic rings. The Kier molecular flexibility index (Phi) is 4.92. The van der Waals surface area contributed by atoms with E-state index in [-0.39, 0.29) is 11.6 Å². The minimum absolute atomic E-state index is 0.0981.